The fourth-order valence-electron chi connectivity index (χ4n) is 1.61. The van der Waals surface area contributed by atoms with E-state index in [1.165, 1.54) is 0 Å². The molecule has 0 aliphatic rings. The van der Waals surface area contributed by atoms with Gasteiger partial charge in [0.25, 0.3) is 0 Å². The Morgan fingerprint density at radius 1 is 1.55 bits per heavy atom. The van der Waals surface area contributed by atoms with Crippen LogP contribution in [0.2, 0.25) is 0 Å². The predicted molar refractivity (Wildman–Crippen MR) is 74.9 cm³/mol. The maximum atomic E-state index is 10.7. The molecule has 110 valence electrons. The second-order valence-corrected chi connectivity index (χ2v) is 6.55. The van der Waals surface area contributed by atoms with E-state index >= 15 is 0 Å². The smallest absolute Gasteiger partial charge is 0.350 e. The van der Waals surface area contributed by atoms with E-state index in [0.29, 0.717) is 22.3 Å². The maximum Gasteiger partial charge on any atom is 0.350 e. The van der Waals surface area contributed by atoms with E-state index in [9.17, 15) is 4.57 Å². The van der Waals surface area contributed by atoms with Gasteiger partial charge in [0.15, 0.2) is 5.65 Å². The van der Waals surface area contributed by atoms with Gasteiger partial charge in [-0.3, -0.25) is 4.57 Å². The first-order valence-corrected chi connectivity index (χ1v) is 8.15. The third-order valence-electron chi connectivity index (χ3n) is 2.42. The lowest BCUT2D eigenvalue weighted by Gasteiger charge is -2.14. The molecule has 0 radical (unpaired) electrons. The van der Waals surface area contributed by atoms with Gasteiger partial charge in [-0.2, -0.15) is 4.98 Å². The summed E-state index contributed by atoms with van der Waals surface area (Å²) >= 11 is 3.24. The number of nitrogens with two attached hydrogens (primary N) is 1. The molecule has 9 nitrogen and oxygen atoms in total. The number of nitrogen functional groups attached to an aromatic ring is 1. The van der Waals surface area contributed by atoms with E-state index in [1.807, 2.05) is 0 Å². The van der Waals surface area contributed by atoms with Crippen LogP contribution in [0.4, 0.5) is 5.95 Å². The Hall–Kier alpha value is -1.06. The van der Waals surface area contributed by atoms with Crippen LogP contribution in [-0.2, 0) is 15.8 Å². The highest BCUT2D eigenvalue weighted by Crippen LogP contribution is 2.34. The molecule has 2 heterocycles. The van der Waals surface area contributed by atoms with Crippen molar-refractivity contribution >= 4 is 40.6 Å². The topological polar surface area (TPSA) is 136 Å². The molecule has 0 bridgehead atoms. The summed E-state index contributed by atoms with van der Waals surface area (Å²) in [4.78, 5) is 29.7. The number of nitrogens with zero attached hydrogens (tertiary/aromatic N) is 4. The molecule has 0 amide bonds. The Bertz CT molecular complexity index is 672. The molecular weight excluding hydrogens is 353 g/mol. The average molecular weight is 366 g/mol. The van der Waals surface area contributed by atoms with E-state index in [4.69, 9.17) is 20.3 Å². The minimum Gasteiger partial charge on any atom is -0.368 e. The molecule has 0 fully saturated rings. The quantitative estimate of drug-likeness (QED) is 0.520. The SMILES string of the molecule is C[C@@H](Cn1cnc2c(Br)nc(N)nc21)OCP(=O)(O)O. The molecule has 1 atom stereocenters. The molecular formula is C9H13BrN5O4P. The first-order chi connectivity index (χ1) is 9.26. The minimum atomic E-state index is -4.17. The van der Waals surface area contributed by atoms with Crippen molar-refractivity contribution in [2.75, 3.05) is 12.1 Å². The predicted octanol–water partition coefficient (Wildman–Crippen LogP) is 0.711. The van der Waals surface area contributed by atoms with Crippen LogP contribution in [0.15, 0.2) is 10.9 Å². The largest absolute Gasteiger partial charge is 0.368 e. The molecule has 2 aromatic heterocycles. The summed E-state index contributed by atoms with van der Waals surface area (Å²) in [5.41, 5.74) is 6.65. The highest BCUT2D eigenvalue weighted by Gasteiger charge is 2.17. The van der Waals surface area contributed by atoms with Gasteiger partial charge in [0.1, 0.15) is 16.5 Å². The number of halogens is 1. The standard InChI is InChI=1S/C9H13BrN5O4P/c1-5(19-4-20(16,17)18)2-15-3-12-6-7(10)13-9(11)14-8(6)15/h3,5H,2,4H2,1H3,(H2,11,13,14)(H2,16,17,18)/t5-/m0/s1. The summed E-state index contributed by atoms with van der Waals surface area (Å²) in [5, 5.41) is 0. The zero-order chi connectivity index (χ0) is 14.9. The van der Waals surface area contributed by atoms with Gasteiger partial charge in [-0.25, -0.2) is 9.97 Å². The van der Waals surface area contributed by atoms with Gasteiger partial charge in [-0.1, -0.05) is 0 Å². The summed E-state index contributed by atoms with van der Waals surface area (Å²) in [6.07, 6.45) is 0.498. The normalized spacial score (nSPS) is 13.8. The first-order valence-electron chi connectivity index (χ1n) is 5.56. The lowest BCUT2D eigenvalue weighted by Crippen LogP contribution is -2.17. The lowest BCUT2D eigenvalue weighted by molar-refractivity contribution is 0.0764. The molecule has 2 rings (SSSR count). The fraction of sp³-hybridized carbons (Fsp3) is 0.444. The lowest BCUT2D eigenvalue weighted by atomic mass is 10.4. The van der Waals surface area contributed by atoms with Gasteiger partial charge in [0.2, 0.25) is 5.95 Å². The number of fused-ring (bicyclic) bond motifs is 1. The van der Waals surface area contributed by atoms with Crippen molar-refractivity contribution in [3.05, 3.63) is 10.9 Å². The third kappa shape index (κ3) is 3.74. The Kier molecular flexibility index (Phi) is 4.40. The summed E-state index contributed by atoms with van der Waals surface area (Å²) < 4.78 is 18.0. The van der Waals surface area contributed by atoms with Crippen LogP contribution in [0, 0.1) is 0 Å². The summed E-state index contributed by atoms with van der Waals surface area (Å²) in [6.45, 7) is 2.03. The van der Waals surface area contributed by atoms with Crippen LogP contribution in [-0.4, -0.2) is 41.8 Å². The Morgan fingerprint density at radius 2 is 2.25 bits per heavy atom. The number of aromatic nitrogens is 4. The first kappa shape index (κ1) is 15.3. The van der Waals surface area contributed by atoms with Crippen molar-refractivity contribution in [1.82, 2.24) is 19.5 Å². The monoisotopic (exact) mass is 365 g/mol. The Labute approximate surface area is 122 Å². The van der Waals surface area contributed by atoms with Gasteiger partial charge in [0, 0.05) is 0 Å². The molecule has 0 saturated carbocycles. The number of anilines is 1. The van der Waals surface area contributed by atoms with Crippen LogP contribution in [0.1, 0.15) is 6.92 Å². The van der Waals surface area contributed by atoms with Crippen molar-refractivity contribution in [3.63, 3.8) is 0 Å². The molecule has 0 aliphatic carbocycles. The van der Waals surface area contributed by atoms with Crippen LogP contribution in [0.3, 0.4) is 0 Å². The van der Waals surface area contributed by atoms with Crippen molar-refractivity contribution in [2.24, 2.45) is 0 Å². The van der Waals surface area contributed by atoms with E-state index in [0.717, 1.165) is 0 Å². The number of rotatable bonds is 5. The van der Waals surface area contributed by atoms with Crippen LogP contribution < -0.4 is 5.73 Å². The molecule has 0 saturated heterocycles. The van der Waals surface area contributed by atoms with Gasteiger partial charge in [0.05, 0.1) is 19.0 Å². The summed E-state index contributed by atoms with van der Waals surface area (Å²) in [6, 6.07) is 0. The number of ether oxygens (including phenoxy) is 1. The van der Waals surface area contributed by atoms with E-state index in [2.05, 4.69) is 30.9 Å². The second kappa shape index (κ2) is 5.74. The number of hydrogen-bond donors (Lipinski definition) is 3. The third-order valence-corrected chi connectivity index (χ3v) is 3.46. The molecule has 11 heteroatoms. The Balaban J connectivity index is 2.16. The van der Waals surface area contributed by atoms with E-state index in [1.54, 1.807) is 17.8 Å². The average Bonchev–Trinajstić information content (AvgIpc) is 2.69. The van der Waals surface area contributed by atoms with E-state index in [-0.39, 0.29) is 5.95 Å². The molecule has 20 heavy (non-hydrogen) atoms. The van der Waals surface area contributed by atoms with E-state index < -0.39 is 20.0 Å². The van der Waals surface area contributed by atoms with Crippen molar-refractivity contribution in [3.8, 4) is 0 Å². The second-order valence-electron chi connectivity index (χ2n) is 4.21. The van der Waals surface area contributed by atoms with Crippen molar-refractivity contribution in [2.45, 2.75) is 19.6 Å². The van der Waals surface area contributed by atoms with Crippen molar-refractivity contribution < 1.29 is 19.1 Å². The summed E-state index contributed by atoms with van der Waals surface area (Å²) in [7, 11) is -4.17. The minimum absolute atomic E-state index is 0.106. The maximum absolute atomic E-state index is 10.7. The molecule has 0 aromatic carbocycles. The number of imidazole rings is 1. The van der Waals surface area contributed by atoms with Crippen LogP contribution in [0.5, 0.6) is 0 Å². The molecule has 2 aromatic rings. The number of hydrogen-bond acceptors (Lipinski definition) is 6. The molecule has 0 aliphatic heterocycles. The highest BCUT2D eigenvalue weighted by molar-refractivity contribution is 9.10. The van der Waals surface area contributed by atoms with Crippen molar-refractivity contribution in [1.29, 1.82) is 0 Å². The van der Waals surface area contributed by atoms with Gasteiger partial charge >= 0.3 is 7.60 Å². The molecule has 4 N–H and O–H groups in total. The van der Waals surface area contributed by atoms with Gasteiger partial charge < -0.3 is 24.8 Å². The molecule has 0 unspecified atom stereocenters. The Morgan fingerprint density at radius 3 is 2.90 bits per heavy atom. The van der Waals surface area contributed by atoms with Crippen LogP contribution >= 0.6 is 23.5 Å². The summed E-state index contributed by atoms with van der Waals surface area (Å²) in [5.74, 6) is 0.106. The zero-order valence-electron chi connectivity index (χ0n) is 10.5. The highest BCUT2D eigenvalue weighted by atomic mass is 79.9. The van der Waals surface area contributed by atoms with Gasteiger partial charge in [-0.15, -0.1) is 0 Å². The van der Waals surface area contributed by atoms with Crippen LogP contribution in [0.25, 0.3) is 11.2 Å². The fourth-order valence-corrected chi connectivity index (χ4v) is 2.52. The van der Waals surface area contributed by atoms with Gasteiger partial charge in [-0.05, 0) is 22.9 Å². The zero-order valence-corrected chi connectivity index (χ0v) is 13.0. The molecule has 0 spiro atoms.